The molecule has 0 bridgehead atoms. The lowest BCUT2D eigenvalue weighted by molar-refractivity contribution is 0.402. The van der Waals surface area contributed by atoms with E-state index in [-0.39, 0.29) is 0 Å². The summed E-state index contributed by atoms with van der Waals surface area (Å²) in [6.07, 6.45) is 8.06. The molecule has 1 aliphatic carbocycles. The molecule has 0 saturated carbocycles. The predicted molar refractivity (Wildman–Crippen MR) is 151 cm³/mol. The zero-order valence-electron chi connectivity index (χ0n) is 21.6. The Labute approximate surface area is 215 Å². The normalized spacial score (nSPS) is 16.6. The third-order valence-corrected chi connectivity index (χ3v) is 7.80. The molecular formula is C29H41N5S. The van der Waals surface area contributed by atoms with Crippen molar-refractivity contribution in [2.75, 3.05) is 44.4 Å². The molecule has 1 aliphatic heterocycles. The SMILES string of the molecule is CCCN[C@H]1CCc2nc(N)sc2C1.CN(C)CCCN1c2ccccc2CCc2ccccc21. The maximum absolute atomic E-state index is 5.69. The zero-order valence-corrected chi connectivity index (χ0v) is 22.4. The Morgan fingerprint density at radius 3 is 2.31 bits per heavy atom. The van der Waals surface area contributed by atoms with E-state index in [2.05, 4.69) is 89.7 Å². The summed E-state index contributed by atoms with van der Waals surface area (Å²) in [7, 11) is 4.29. The topological polar surface area (TPSA) is 57.4 Å². The van der Waals surface area contributed by atoms with Gasteiger partial charge in [-0.15, -0.1) is 11.3 Å². The first-order valence-corrected chi connectivity index (χ1v) is 13.9. The van der Waals surface area contributed by atoms with Crippen LogP contribution in [0, 0.1) is 0 Å². The molecule has 3 aromatic rings. The maximum atomic E-state index is 5.69. The minimum atomic E-state index is 0.641. The lowest BCUT2D eigenvalue weighted by Gasteiger charge is -2.27. The van der Waals surface area contributed by atoms with Gasteiger partial charge < -0.3 is 20.9 Å². The molecule has 0 fully saturated rings. The summed E-state index contributed by atoms with van der Waals surface area (Å²) in [5.74, 6) is 0. The molecule has 5 rings (SSSR count). The highest BCUT2D eigenvalue weighted by Gasteiger charge is 2.21. The van der Waals surface area contributed by atoms with Gasteiger partial charge in [-0.25, -0.2) is 4.98 Å². The molecule has 0 amide bonds. The number of nitrogen functional groups attached to an aromatic ring is 1. The van der Waals surface area contributed by atoms with E-state index < -0.39 is 0 Å². The smallest absolute Gasteiger partial charge is 0.180 e. The van der Waals surface area contributed by atoms with Crippen molar-refractivity contribution in [1.82, 2.24) is 15.2 Å². The molecule has 2 aliphatic rings. The van der Waals surface area contributed by atoms with E-state index in [4.69, 9.17) is 5.73 Å². The van der Waals surface area contributed by atoms with Crippen LogP contribution in [0.2, 0.25) is 0 Å². The van der Waals surface area contributed by atoms with Crippen LogP contribution in [-0.4, -0.2) is 49.7 Å². The van der Waals surface area contributed by atoms with Crippen LogP contribution in [0.15, 0.2) is 48.5 Å². The molecule has 0 unspecified atom stereocenters. The van der Waals surface area contributed by atoms with Crippen molar-refractivity contribution in [3.8, 4) is 0 Å². The summed E-state index contributed by atoms with van der Waals surface area (Å²) in [5, 5.41) is 4.29. The third kappa shape index (κ3) is 6.84. The number of benzene rings is 2. The van der Waals surface area contributed by atoms with Crippen LogP contribution in [0.25, 0.3) is 0 Å². The highest BCUT2D eigenvalue weighted by atomic mass is 32.1. The molecule has 0 saturated heterocycles. The fourth-order valence-electron chi connectivity index (χ4n) is 5.07. The van der Waals surface area contributed by atoms with Gasteiger partial charge in [0.05, 0.1) is 5.69 Å². The number of rotatable bonds is 7. The van der Waals surface area contributed by atoms with Crippen molar-refractivity contribution in [3.63, 3.8) is 0 Å². The summed E-state index contributed by atoms with van der Waals surface area (Å²) < 4.78 is 0. The van der Waals surface area contributed by atoms with Crippen molar-refractivity contribution in [3.05, 3.63) is 70.2 Å². The van der Waals surface area contributed by atoms with E-state index in [1.54, 1.807) is 11.3 Å². The lowest BCUT2D eigenvalue weighted by atomic mass is 9.98. The number of nitrogens with zero attached hydrogens (tertiary/aromatic N) is 3. The molecule has 0 radical (unpaired) electrons. The second-order valence-electron chi connectivity index (χ2n) is 9.88. The average molecular weight is 492 g/mol. The number of aryl methyl sites for hydroxylation is 3. The van der Waals surface area contributed by atoms with Crippen LogP contribution in [0.3, 0.4) is 0 Å². The number of anilines is 3. The van der Waals surface area contributed by atoms with Crippen molar-refractivity contribution in [2.24, 2.45) is 0 Å². The van der Waals surface area contributed by atoms with Gasteiger partial charge in [0, 0.05) is 28.8 Å². The quantitative estimate of drug-likeness (QED) is 0.460. The molecule has 2 aromatic carbocycles. The Hall–Kier alpha value is -2.41. The summed E-state index contributed by atoms with van der Waals surface area (Å²) in [5.41, 5.74) is 12.7. The summed E-state index contributed by atoms with van der Waals surface area (Å²) >= 11 is 1.65. The van der Waals surface area contributed by atoms with E-state index in [0.717, 1.165) is 50.4 Å². The van der Waals surface area contributed by atoms with Crippen molar-refractivity contribution < 1.29 is 0 Å². The second kappa shape index (κ2) is 12.5. The predicted octanol–water partition coefficient (Wildman–Crippen LogP) is 5.46. The van der Waals surface area contributed by atoms with Crippen molar-refractivity contribution in [1.29, 1.82) is 0 Å². The van der Waals surface area contributed by atoms with Gasteiger partial charge in [0.25, 0.3) is 0 Å². The first kappa shape index (κ1) is 25.7. The van der Waals surface area contributed by atoms with Crippen LogP contribution in [0.5, 0.6) is 0 Å². The van der Waals surface area contributed by atoms with E-state index >= 15 is 0 Å². The third-order valence-electron chi connectivity index (χ3n) is 6.85. The molecule has 188 valence electrons. The number of nitrogens with one attached hydrogen (secondary N) is 1. The highest BCUT2D eigenvalue weighted by molar-refractivity contribution is 7.15. The number of fused-ring (bicyclic) bond motifs is 3. The van der Waals surface area contributed by atoms with Crippen LogP contribution >= 0.6 is 11.3 Å². The Kier molecular flexibility index (Phi) is 9.18. The van der Waals surface area contributed by atoms with Crippen LogP contribution in [0.4, 0.5) is 16.5 Å². The van der Waals surface area contributed by atoms with Crippen LogP contribution < -0.4 is 16.0 Å². The Balaban J connectivity index is 0.000000179. The monoisotopic (exact) mass is 491 g/mol. The Morgan fingerprint density at radius 2 is 1.69 bits per heavy atom. The number of hydrogen-bond acceptors (Lipinski definition) is 6. The van der Waals surface area contributed by atoms with Crippen molar-refractivity contribution in [2.45, 2.75) is 57.9 Å². The molecule has 5 nitrogen and oxygen atoms in total. The number of para-hydroxylation sites is 2. The summed E-state index contributed by atoms with van der Waals surface area (Å²) in [6.45, 7) is 5.52. The standard InChI is InChI=1S/C19H24N2.C10H17N3S/c1-20(2)14-7-15-21-18-10-5-3-8-16(18)12-13-17-9-4-6-11-19(17)21;1-2-5-12-7-3-4-8-9(6-7)14-10(11)13-8/h3-6,8-11H,7,12-15H2,1-2H3;7,12H,2-6H2,1H3,(H2,11,13)/t;7-/m.0/s1. The van der Waals surface area contributed by atoms with Gasteiger partial charge >= 0.3 is 0 Å². The summed E-state index contributed by atoms with van der Waals surface area (Å²) in [6, 6.07) is 18.4. The number of nitrogens with two attached hydrogens (primary N) is 1. The first-order valence-electron chi connectivity index (χ1n) is 13.1. The van der Waals surface area contributed by atoms with Crippen LogP contribution in [0.1, 0.15) is 47.9 Å². The fraction of sp³-hybridized carbons (Fsp3) is 0.483. The number of hydrogen-bond donors (Lipinski definition) is 2. The van der Waals surface area contributed by atoms with Gasteiger partial charge in [-0.1, -0.05) is 43.3 Å². The molecular weight excluding hydrogens is 450 g/mol. The lowest BCUT2D eigenvalue weighted by Crippen LogP contribution is -2.34. The molecule has 6 heteroatoms. The van der Waals surface area contributed by atoms with Gasteiger partial charge in [-0.05, 0) is 95.4 Å². The molecule has 1 aromatic heterocycles. The van der Waals surface area contributed by atoms with Gasteiger partial charge in [-0.2, -0.15) is 0 Å². The number of thiazole rings is 1. The molecule has 1 atom stereocenters. The van der Waals surface area contributed by atoms with E-state index in [1.807, 2.05) is 0 Å². The fourth-order valence-corrected chi connectivity index (χ4v) is 6.03. The number of aromatic nitrogens is 1. The molecule has 0 spiro atoms. The van der Waals surface area contributed by atoms with Crippen LogP contribution in [-0.2, 0) is 25.7 Å². The first-order chi connectivity index (χ1) is 17.0. The average Bonchev–Trinajstić information content (AvgIpc) is 3.16. The van der Waals surface area contributed by atoms with E-state index in [9.17, 15) is 0 Å². The highest BCUT2D eigenvalue weighted by Crippen LogP contribution is 2.35. The van der Waals surface area contributed by atoms with Gasteiger partial charge in [-0.3, -0.25) is 0 Å². The minimum Gasteiger partial charge on any atom is -0.375 e. The van der Waals surface area contributed by atoms with Gasteiger partial charge in [0.1, 0.15) is 0 Å². The Morgan fingerprint density at radius 1 is 1.03 bits per heavy atom. The summed E-state index contributed by atoms with van der Waals surface area (Å²) in [4.78, 5) is 10.5. The molecule has 2 heterocycles. The van der Waals surface area contributed by atoms with E-state index in [0.29, 0.717) is 6.04 Å². The van der Waals surface area contributed by atoms with Gasteiger partial charge in [0.15, 0.2) is 5.13 Å². The molecule has 3 N–H and O–H groups in total. The Bertz CT molecular complexity index is 1030. The largest absolute Gasteiger partial charge is 0.375 e. The maximum Gasteiger partial charge on any atom is 0.180 e. The minimum absolute atomic E-state index is 0.641. The molecule has 35 heavy (non-hydrogen) atoms. The van der Waals surface area contributed by atoms with E-state index in [1.165, 1.54) is 52.3 Å². The zero-order chi connectivity index (χ0) is 24.6. The van der Waals surface area contributed by atoms with Crippen molar-refractivity contribution >= 4 is 27.8 Å². The second-order valence-corrected chi connectivity index (χ2v) is 11.0. The van der Waals surface area contributed by atoms with Gasteiger partial charge in [0.2, 0.25) is 0 Å².